The Kier molecular flexibility index (Phi) is 4.03. The fraction of sp³-hybridized carbons (Fsp3) is 0.364. The normalized spacial score (nSPS) is 12.1. The Morgan fingerprint density at radius 1 is 1.38 bits per heavy atom. The van der Waals surface area contributed by atoms with E-state index in [1.54, 1.807) is 0 Å². The molecule has 1 atom stereocenters. The molecule has 70 valence electrons. The van der Waals surface area contributed by atoms with E-state index in [1.807, 2.05) is 37.3 Å². The molecular weight excluding hydrogens is 164 g/mol. The topological polar surface area (TPSA) is 26.3 Å². The summed E-state index contributed by atoms with van der Waals surface area (Å²) in [5.74, 6) is 0.830. The first kappa shape index (κ1) is 9.78. The number of para-hydroxylation sites is 1. The molecule has 0 spiro atoms. The maximum absolute atomic E-state index is 10.3. The van der Waals surface area contributed by atoms with Crippen molar-refractivity contribution >= 4 is 6.29 Å². The average Bonchev–Trinajstić information content (AvgIpc) is 2.19. The van der Waals surface area contributed by atoms with Gasteiger partial charge in [-0.2, -0.15) is 0 Å². The molecule has 0 aliphatic rings. The Morgan fingerprint density at radius 3 is 2.62 bits per heavy atom. The highest BCUT2D eigenvalue weighted by Gasteiger charge is 2.05. The van der Waals surface area contributed by atoms with Gasteiger partial charge < -0.3 is 9.53 Å². The van der Waals surface area contributed by atoms with E-state index in [1.165, 1.54) is 0 Å². The molecule has 0 saturated heterocycles. The molecule has 0 unspecified atom stereocenters. The zero-order valence-corrected chi connectivity index (χ0v) is 7.77. The highest BCUT2D eigenvalue weighted by molar-refractivity contribution is 5.50. The summed E-state index contributed by atoms with van der Waals surface area (Å²) in [4.78, 5) is 10.3. The monoisotopic (exact) mass is 178 g/mol. The summed E-state index contributed by atoms with van der Waals surface area (Å²) < 4.78 is 5.57. The molecule has 13 heavy (non-hydrogen) atoms. The first-order valence-corrected chi connectivity index (χ1v) is 4.52. The van der Waals surface area contributed by atoms with Crippen LogP contribution >= 0.6 is 0 Å². The van der Waals surface area contributed by atoms with E-state index in [0.717, 1.165) is 18.5 Å². The molecule has 0 radical (unpaired) electrons. The molecule has 0 amide bonds. The van der Waals surface area contributed by atoms with E-state index < -0.39 is 0 Å². The first-order chi connectivity index (χ1) is 6.36. The minimum atomic E-state index is 0.0138. The van der Waals surface area contributed by atoms with E-state index in [2.05, 4.69) is 0 Å². The molecule has 1 aromatic rings. The molecule has 1 aromatic carbocycles. The fourth-order valence-corrected chi connectivity index (χ4v) is 1.10. The van der Waals surface area contributed by atoms with Crippen LogP contribution in [0.15, 0.2) is 30.3 Å². The molecule has 0 aromatic heterocycles. The Balaban J connectivity index is 2.51. The van der Waals surface area contributed by atoms with Crippen molar-refractivity contribution in [3.8, 4) is 5.75 Å². The van der Waals surface area contributed by atoms with Crippen LogP contribution in [-0.4, -0.2) is 12.4 Å². The number of carbonyl (C=O) groups excluding carboxylic acids is 1. The Bertz CT molecular complexity index is 244. The lowest BCUT2D eigenvalue weighted by Crippen LogP contribution is -2.15. The number of benzene rings is 1. The summed E-state index contributed by atoms with van der Waals surface area (Å²) in [5, 5.41) is 0. The van der Waals surface area contributed by atoms with Crippen molar-refractivity contribution in [2.75, 3.05) is 0 Å². The summed E-state index contributed by atoms with van der Waals surface area (Å²) in [7, 11) is 0. The number of hydrogen-bond donors (Lipinski definition) is 0. The summed E-state index contributed by atoms with van der Waals surface area (Å²) in [6.45, 7) is 2.01. The Hall–Kier alpha value is -1.31. The van der Waals surface area contributed by atoms with Crippen molar-refractivity contribution in [3.63, 3.8) is 0 Å². The highest BCUT2D eigenvalue weighted by Crippen LogP contribution is 2.13. The Labute approximate surface area is 78.5 Å². The predicted molar refractivity (Wildman–Crippen MR) is 51.8 cm³/mol. The van der Waals surface area contributed by atoms with E-state index in [-0.39, 0.29) is 6.10 Å². The summed E-state index contributed by atoms with van der Waals surface area (Å²) in [6, 6.07) is 9.57. The lowest BCUT2D eigenvalue weighted by molar-refractivity contribution is -0.109. The minimum absolute atomic E-state index is 0.0138. The van der Waals surface area contributed by atoms with E-state index in [4.69, 9.17) is 4.74 Å². The van der Waals surface area contributed by atoms with Gasteiger partial charge in [-0.05, 0) is 18.6 Å². The van der Waals surface area contributed by atoms with E-state index in [0.29, 0.717) is 6.42 Å². The van der Waals surface area contributed by atoms with Crippen molar-refractivity contribution < 1.29 is 9.53 Å². The first-order valence-electron chi connectivity index (χ1n) is 4.52. The SMILES string of the molecule is CC[C@@H](CC=O)Oc1ccccc1. The van der Waals surface area contributed by atoms with Gasteiger partial charge in [0.1, 0.15) is 18.1 Å². The van der Waals surface area contributed by atoms with Crippen LogP contribution in [0.1, 0.15) is 19.8 Å². The fourth-order valence-electron chi connectivity index (χ4n) is 1.10. The maximum Gasteiger partial charge on any atom is 0.123 e. The summed E-state index contributed by atoms with van der Waals surface area (Å²) in [5.41, 5.74) is 0. The third-order valence-electron chi connectivity index (χ3n) is 1.86. The number of rotatable bonds is 5. The maximum atomic E-state index is 10.3. The van der Waals surface area contributed by atoms with Crippen LogP contribution in [0.4, 0.5) is 0 Å². The quantitative estimate of drug-likeness (QED) is 0.647. The smallest absolute Gasteiger partial charge is 0.123 e. The third-order valence-corrected chi connectivity index (χ3v) is 1.86. The second-order valence-electron chi connectivity index (χ2n) is 2.86. The Morgan fingerprint density at radius 2 is 2.08 bits per heavy atom. The number of ether oxygens (including phenoxy) is 1. The molecule has 0 aliphatic carbocycles. The standard InChI is InChI=1S/C11H14O2/c1-2-10(8-9-12)13-11-6-4-3-5-7-11/h3-7,9-10H,2,8H2,1H3/t10-/m0/s1. The van der Waals surface area contributed by atoms with E-state index in [9.17, 15) is 4.79 Å². The second kappa shape index (κ2) is 5.36. The number of aldehydes is 1. The lowest BCUT2D eigenvalue weighted by atomic mass is 10.2. The van der Waals surface area contributed by atoms with Gasteiger partial charge in [0.05, 0.1) is 0 Å². The molecule has 2 nitrogen and oxygen atoms in total. The van der Waals surface area contributed by atoms with Crippen molar-refractivity contribution in [2.24, 2.45) is 0 Å². The van der Waals surface area contributed by atoms with Gasteiger partial charge in [-0.3, -0.25) is 0 Å². The minimum Gasteiger partial charge on any atom is -0.490 e. The van der Waals surface area contributed by atoms with Crippen LogP contribution in [0.3, 0.4) is 0 Å². The van der Waals surface area contributed by atoms with Gasteiger partial charge in [-0.1, -0.05) is 25.1 Å². The molecule has 0 fully saturated rings. The number of carbonyl (C=O) groups is 1. The van der Waals surface area contributed by atoms with Crippen LogP contribution in [0.5, 0.6) is 5.75 Å². The van der Waals surface area contributed by atoms with Crippen molar-refractivity contribution in [2.45, 2.75) is 25.9 Å². The van der Waals surface area contributed by atoms with Gasteiger partial charge >= 0.3 is 0 Å². The summed E-state index contributed by atoms with van der Waals surface area (Å²) >= 11 is 0. The van der Waals surface area contributed by atoms with Crippen LogP contribution in [-0.2, 0) is 4.79 Å². The molecule has 0 N–H and O–H groups in total. The molecule has 1 rings (SSSR count). The molecule has 0 aliphatic heterocycles. The van der Waals surface area contributed by atoms with Gasteiger partial charge in [0.15, 0.2) is 0 Å². The van der Waals surface area contributed by atoms with Crippen LogP contribution < -0.4 is 4.74 Å². The average molecular weight is 178 g/mol. The van der Waals surface area contributed by atoms with Crippen molar-refractivity contribution in [3.05, 3.63) is 30.3 Å². The number of hydrogen-bond acceptors (Lipinski definition) is 2. The van der Waals surface area contributed by atoms with Crippen molar-refractivity contribution in [1.82, 2.24) is 0 Å². The summed E-state index contributed by atoms with van der Waals surface area (Å²) in [6.07, 6.45) is 2.23. The largest absolute Gasteiger partial charge is 0.490 e. The van der Waals surface area contributed by atoms with Gasteiger partial charge in [-0.15, -0.1) is 0 Å². The van der Waals surface area contributed by atoms with Crippen LogP contribution in [0, 0.1) is 0 Å². The van der Waals surface area contributed by atoms with Crippen LogP contribution in [0.2, 0.25) is 0 Å². The molecule has 0 heterocycles. The van der Waals surface area contributed by atoms with E-state index >= 15 is 0 Å². The second-order valence-corrected chi connectivity index (χ2v) is 2.86. The molecule has 0 bridgehead atoms. The van der Waals surface area contributed by atoms with Crippen molar-refractivity contribution in [1.29, 1.82) is 0 Å². The predicted octanol–water partition coefficient (Wildman–Crippen LogP) is 2.43. The van der Waals surface area contributed by atoms with Gasteiger partial charge in [0, 0.05) is 6.42 Å². The zero-order chi connectivity index (χ0) is 9.52. The highest BCUT2D eigenvalue weighted by atomic mass is 16.5. The molecule has 0 saturated carbocycles. The van der Waals surface area contributed by atoms with Gasteiger partial charge in [0.25, 0.3) is 0 Å². The molecular formula is C11H14O2. The lowest BCUT2D eigenvalue weighted by Gasteiger charge is -2.14. The zero-order valence-electron chi connectivity index (χ0n) is 7.77. The van der Waals surface area contributed by atoms with Crippen LogP contribution in [0.25, 0.3) is 0 Å². The van der Waals surface area contributed by atoms with Gasteiger partial charge in [0.2, 0.25) is 0 Å². The third kappa shape index (κ3) is 3.28. The van der Waals surface area contributed by atoms with Gasteiger partial charge in [-0.25, -0.2) is 0 Å². The molecule has 2 heteroatoms.